The first kappa shape index (κ1) is 16.0. The molecule has 1 aliphatic heterocycles. The Morgan fingerprint density at radius 2 is 1.88 bits per heavy atom. The molecule has 0 aliphatic carbocycles. The van der Waals surface area contributed by atoms with E-state index in [4.69, 9.17) is 0 Å². The van der Waals surface area contributed by atoms with E-state index in [1.165, 1.54) is 28.2 Å². The van der Waals surface area contributed by atoms with E-state index >= 15 is 0 Å². The first-order chi connectivity index (χ1) is 12.3. The van der Waals surface area contributed by atoms with Gasteiger partial charge in [0.05, 0.1) is 0 Å². The molecule has 0 bridgehead atoms. The molecule has 5 heteroatoms. The van der Waals surface area contributed by atoms with E-state index in [9.17, 15) is 4.79 Å². The second-order valence-corrected chi connectivity index (χ2v) is 6.98. The third-order valence-electron chi connectivity index (χ3n) is 4.98. The lowest BCUT2D eigenvalue weighted by Crippen LogP contribution is -2.42. The summed E-state index contributed by atoms with van der Waals surface area (Å²) in [6.07, 6.45) is 0.854. The standard InChI is InChI=1S/C20H19N3OS/c1-14-19(16-8-3-2-4-9-16)17-10-6-5-7-15(17)11-12-23(14)20(24)18-13-25-22-21-18/h2-10,13-14,19H,11-12H2,1H3/t14-,19+/m1/s1. The number of amides is 1. The van der Waals surface area contributed by atoms with Crippen molar-refractivity contribution in [2.75, 3.05) is 6.54 Å². The van der Waals surface area contributed by atoms with E-state index in [1.807, 2.05) is 11.0 Å². The molecule has 4 rings (SSSR count). The zero-order valence-corrected chi connectivity index (χ0v) is 14.8. The van der Waals surface area contributed by atoms with E-state index in [2.05, 4.69) is 65.0 Å². The van der Waals surface area contributed by atoms with E-state index in [0.29, 0.717) is 12.2 Å². The minimum atomic E-state index is -0.0324. The van der Waals surface area contributed by atoms with E-state index < -0.39 is 0 Å². The van der Waals surface area contributed by atoms with Crippen LogP contribution in [0.4, 0.5) is 0 Å². The van der Waals surface area contributed by atoms with Crippen molar-refractivity contribution in [3.63, 3.8) is 0 Å². The molecular weight excluding hydrogens is 330 g/mol. The van der Waals surface area contributed by atoms with Gasteiger partial charge in [-0.2, -0.15) is 0 Å². The number of carbonyl (C=O) groups is 1. The van der Waals surface area contributed by atoms with Gasteiger partial charge in [0.1, 0.15) is 0 Å². The predicted molar refractivity (Wildman–Crippen MR) is 98.8 cm³/mol. The molecule has 0 N–H and O–H groups in total. The van der Waals surface area contributed by atoms with Crippen molar-refractivity contribution in [2.45, 2.75) is 25.3 Å². The molecule has 126 valence electrons. The van der Waals surface area contributed by atoms with Gasteiger partial charge in [-0.05, 0) is 41.6 Å². The fraction of sp³-hybridized carbons (Fsp3) is 0.250. The third-order valence-corrected chi connectivity index (χ3v) is 5.49. The van der Waals surface area contributed by atoms with Crippen molar-refractivity contribution >= 4 is 17.4 Å². The Hall–Kier alpha value is -2.53. The van der Waals surface area contributed by atoms with Crippen LogP contribution >= 0.6 is 11.5 Å². The minimum absolute atomic E-state index is 0.0324. The highest BCUT2D eigenvalue weighted by Crippen LogP contribution is 2.36. The minimum Gasteiger partial charge on any atom is -0.333 e. The monoisotopic (exact) mass is 349 g/mol. The summed E-state index contributed by atoms with van der Waals surface area (Å²) in [7, 11) is 0. The number of hydrogen-bond acceptors (Lipinski definition) is 4. The predicted octanol–water partition coefficient (Wildman–Crippen LogP) is 3.76. The van der Waals surface area contributed by atoms with Crippen LogP contribution in [0, 0.1) is 0 Å². The van der Waals surface area contributed by atoms with Crippen molar-refractivity contribution in [3.8, 4) is 0 Å². The summed E-state index contributed by atoms with van der Waals surface area (Å²) in [5.41, 5.74) is 4.30. The van der Waals surface area contributed by atoms with Gasteiger partial charge in [-0.1, -0.05) is 59.1 Å². The number of nitrogens with zero attached hydrogens (tertiary/aromatic N) is 3. The fourth-order valence-electron chi connectivity index (χ4n) is 3.76. The van der Waals surface area contributed by atoms with Crippen LogP contribution in [0.2, 0.25) is 0 Å². The molecule has 1 aromatic heterocycles. The van der Waals surface area contributed by atoms with E-state index in [1.54, 1.807) is 5.38 Å². The molecule has 0 unspecified atom stereocenters. The molecule has 0 fully saturated rings. The SMILES string of the molecule is C[C@@H]1[C@@H](c2ccccc2)c2ccccc2CCN1C(=O)c1csnn1. The Balaban J connectivity index is 1.79. The summed E-state index contributed by atoms with van der Waals surface area (Å²) in [6.45, 7) is 2.83. The van der Waals surface area contributed by atoms with Crippen LogP contribution in [-0.4, -0.2) is 33.0 Å². The highest BCUT2D eigenvalue weighted by Gasteiger charge is 2.34. The van der Waals surface area contributed by atoms with Crippen LogP contribution in [0.3, 0.4) is 0 Å². The molecule has 2 heterocycles. The van der Waals surface area contributed by atoms with E-state index in [-0.39, 0.29) is 17.9 Å². The van der Waals surface area contributed by atoms with Crippen molar-refractivity contribution in [2.24, 2.45) is 0 Å². The molecule has 1 amide bonds. The summed E-state index contributed by atoms with van der Waals surface area (Å²) in [5, 5.41) is 5.71. The quantitative estimate of drug-likeness (QED) is 0.708. The zero-order valence-electron chi connectivity index (χ0n) is 14.0. The average molecular weight is 349 g/mol. The number of benzene rings is 2. The lowest BCUT2D eigenvalue weighted by molar-refractivity contribution is 0.0681. The first-order valence-corrected chi connectivity index (χ1v) is 9.30. The Bertz CT molecular complexity index is 864. The van der Waals surface area contributed by atoms with Crippen molar-refractivity contribution < 1.29 is 4.79 Å². The largest absolute Gasteiger partial charge is 0.333 e. The molecule has 4 nitrogen and oxygen atoms in total. The molecular formula is C20H19N3OS. The third kappa shape index (κ3) is 2.96. The van der Waals surface area contributed by atoms with Crippen molar-refractivity contribution in [1.29, 1.82) is 0 Å². The highest BCUT2D eigenvalue weighted by atomic mass is 32.1. The van der Waals surface area contributed by atoms with E-state index in [0.717, 1.165) is 6.42 Å². The van der Waals surface area contributed by atoms with Crippen LogP contribution in [0.25, 0.3) is 0 Å². The van der Waals surface area contributed by atoms with Gasteiger partial charge in [0.15, 0.2) is 5.69 Å². The summed E-state index contributed by atoms with van der Waals surface area (Å²) >= 11 is 1.21. The topological polar surface area (TPSA) is 46.1 Å². The van der Waals surface area contributed by atoms with Crippen molar-refractivity contribution in [1.82, 2.24) is 14.5 Å². The summed E-state index contributed by atoms with van der Waals surface area (Å²) in [6, 6.07) is 19.0. The maximum absolute atomic E-state index is 13.0. The Morgan fingerprint density at radius 3 is 2.64 bits per heavy atom. The smallest absolute Gasteiger partial charge is 0.275 e. The fourth-order valence-corrected chi connectivity index (χ4v) is 4.19. The molecule has 2 atom stereocenters. The highest BCUT2D eigenvalue weighted by molar-refractivity contribution is 7.03. The molecule has 0 spiro atoms. The van der Waals surface area contributed by atoms with Gasteiger partial charge in [0.25, 0.3) is 5.91 Å². The van der Waals surface area contributed by atoms with Gasteiger partial charge >= 0.3 is 0 Å². The van der Waals surface area contributed by atoms with Crippen molar-refractivity contribution in [3.05, 3.63) is 82.4 Å². The summed E-state index contributed by atoms with van der Waals surface area (Å²) < 4.78 is 3.85. The second-order valence-electron chi connectivity index (χ2n) is 6.37. The second kappa shape index (κ2) is 6.76. The van der Waals surface area contributed by atoms with Crippen LogP contribution in [-0.2, 0) is 6.42 Å². The zero-order chi connectivity index (χ0) is 17.2. The number of carbonyl (C=O) groups excluding carboxylic acids is 1. The van der Waals surface area contributed by atoms with Gasteiger partial charge in [-0.3, -0.25) is 4.79 Å². The molecule has 3 aromatic rings. The Kier molecular flexibility index (Phi) is 4.32. The van der Waals surface area contributed by atoms with Crippen LogP contribution in [0.1, 0.15) is 40.0 Å². The summed E-state index contributed by atoms with van der Waals surface area (Å²) in [5.74, 6) is 0.116. The molecule has 1 aliphatic rings. The summed E-state index contributed by atoms with van der Waals surface area (Å²) in [4.78, 5) is 14.9. The maximum Gasteiger partial charge on any atom is 0.275 e. The molecule has 2 aromatic carbocycles. The first-order valence-electron chi connectivity index (χ1n) is 8.46. The van der Waals surface area contributed by atoms with Crippen LogP contribution in [0.5, 0.6) is 0 Å². The Morgan fingerprint density at radius 1 is 1.12 bits per heavy atom. The maximum atomic E-state index is 13.0. The normalized spacial score (nSPS) is 20.0. The molecule has 0 radical (unpaired) electrons. The Labute approximate surface area is 151 Å². The van der Waals surface area contributed by atoms with Gasteiger partial charge in [-0.15, -0.1) is 5.10 Å². The number of rotatable bonds is 2. The lowest BCUT2D eigenvalue weighted by Gasteiger charge is -2.33. The molecule has 0 saturated heterocycles. The molecule has 0 saturated carbocycles. The number of aromatic nitrogens is 2. The van der Waals surface area contributed by atoms with Gasteiger partial charge < -0.3 is 4.90 Å². The van der Waals surface area contributed by atoms with Crippen LogP contribution in [0.15, 0.2) is 60.0 Å². The number of hydrogen-bond donors (Lipinski definition) is 0. The molecule has 25 heavy (non-hydrogen) atoms. The average Bonchev–Trinajstić information content (AvgIpc) is 3.14. The van der Waals surface area contributed by atoms with Gasteiger partial charge in [0, 0.05) is 23.9 Å². The van der Waals surface area contributed by atoms with Gasteiger partial charge in [-0.25, -0.2) is 0 Å². The van der Waals surface area contributed by atoms with Crippen LogP contribution < -0.4 is 0 Å². The van der Waals surface area contributed by atoms with Gasteiger partial charge in [0.2, 0.25) is 0 Å². The number of fused-ring (bicyclic) bond motifs is 1. The lowest BCUT2D eigenvalue weighted by atomic mass is 9.83.